The van der Waals surface area contributed by atoms with E-state index in [4.69, 9.17) is 15.2 Å². The van der Waals surface area contributed by atoms with Crippen LogP contribution in [0.3, 0.4) is 0 Å². The number of ether oxygens (including phenoxy) is 2. The number of nitrogens with zero attached hydrogens (tertiary/aromatic N) is 1. The summed E-state index contributed by atoms with van der Waals surface area (Å²) in [5, 5.41) is 0. The van der Waals surface area contributed by atoms with Gasteiger partial charge in [0, 0.05) is 25.9 Å². The quantitative estimate of drug-likeness (QED) is 0.788. The van der Waals surface area contributed by atoms with E-state index in [1.807, 2.05) is 0 Å². The van der Waals surface area contributed by atoms with E-state index in [1.54, 1.807) is 13.0 Å². The average molecular weight is 288 g/mol. The number of sulfonamides is 1. The highest BCUT2D eigenvalue weighted by Crippen LogP contribution is 2.28. The third kappa shape index (κ3) is 3.37. The predicted molar refractivity (Wildman–Crippen MR) is 73.7 cm³/mol. The van der Waals surface area contributed by atoms with Crippen molar-refractivity contribution in [3.8, 4) is 5.75 Å². The van der Waals surface area contributed by atoms with E-state index in [9.17, 15) is 8.42 Å². The van der Waals surface area contributed by atoms with Gasteiger partial charge in [0.15, 0.2) is 0 Å². The molecule has 0 spiro atoms. The Labute approximate surface area is 114 Å². The van der Waals surface area contributed by atoms with Crippen molar-refractivity contribution in [3.05, 3.63) is 18.2 Å². The third-order valence-corrected chi connectivity index (χ3v) is 4.87. The average Bonchev–Trinajstić information content (AvgIpc) is 2.38. The van der Waals surface area contributed by atoms with Gasteiger partial charge in [-0.1, -0.05) is 0 Å². The second-order valence-corrected chi connectivity index (χ2v) is 6.20. The molecule has 6 nitrogen and oxygen atoms in total. The van der Waals surface area contributed by atoms with Gasteiger partial charge in [0.25, 0.3) is 0 Å². The lowest BCUT2D eigenvalue weighted by Gasteiger charge is -2.24. The summed E-state index contributed by atoms with van der Waals surface area (Å²) < 4.78 is 36.3. The van der Waals surface area contributed by atoms with E-state index < -0.39 is 10.0 Å². The molecule has 1 rings (SSSR count). The normalized spacial score (nSPS) is 13.5. The minimum atomic E-state index is -3.68. The highest BCUT2D eigenvalue weighted by atomic mass is 32.2. The summed E-state index contributed by atoms with van der Waals surface area (Å²) in [6.45, 7) is 2.07. The Morgan fingerprint density at radius 2 is 2.00 bits per heavy atom. The van der Waals surface area contributed by atoms with Crippen molar-refractivity contribution in [3.63, 3.8) is 0 Å². The largest absolute Gasteiger partial charge is 0.495 e. The van der Waals surface area contributed by atoms with Crippen LogP contribution in [0, 0.1) is 0 Å². The molecular formula is C12H20N2O4S. The van der Waals surface area contributed by atoms with Crippen LogP contribution in [0.5, 0.6) is 5.75 Å². The number of anilines is 1. The number of methoxy groups -OCH3 is 2. The number of hydrogen-bond acceptors (Lipinski definition) is 5. The Balaban J connectivity index is 3.23. The van der Waals surface area contributed by atoms with Crippen LogP contribution in [0.2, 0.25) is 0 Å². The molecule has 0 heterocycles. The van der Waals surface area contributed by atoms with Gasteiger partial charge in [-0.2, -0.15) is 4.31 Å². The van der Waals surface area contributed by atoms with Gasteiger partial charge in [0.05, 0.1) is 13.7 Å². The van der Waals surface area contributed by atoms with E-state index >= 15 is 0 Å². The second kappa shape index (κ2) is 6.23. The minimum Gasteiger partial charge on any atom is -0.495 e. The van der Waals surface area contributed by atoms with E-state index in [1.165, 1.54) is 37.7 Å². The van der Waals surface area contributed by atoms with Gasteiger partial charge in [0.1, 0.15) is 10.6 Å². The highest BCUT2D eigenvalue weighted by Gasteiger charge is 2.28. The van der Waals surface area contributed by atoms with Crippen LogP contribution in [-0.4, -0.2) is 46.6 Å². The lowest BCUT2D eigenvalue weighted by molar-refractivity contribution is 0.149. The first-order chi connectivity index (χ1) is 8.84. The number of benzene rings is 1. The molecular weight excluding hydrogens is 268 g/mol. The first kappa shape index (κ1) is 15.7. The summed E-state index contributed by atoms with van der Waals surface area (Å²) in [5.74, 6) is 0.269. The summed E-state index contributed by atoms with van der Waals surface area (Å²) in [4.78, 5) is 0.0560. The fraction of sp³-hybridized carbons (Fsp3) is 0.500. The number of hydrogen-bond donors (Lipinski definition) is 1. The molecule has 1 atom stereocenters. The molecule has 19 heavy (non-hydrogen) atoms. The standard InChI is InChI=1S/C12H20N2O4S/c1-9(8-17-3)14(2)19(15,16)12-7-10(13)5-6-11(12)18-4/h5-7,9H,8,13H2,1-4H3. The number of rotatable bonds is 6. The van der Waals surface area contributed by atoms with Crippen molar-refractivity contribution in [2.24, 2.45) is 0 Å². The van der Waals surface area contributed by atoms with Crippen LogP contribution in [0.1, 0.15) is 6.92 Å². The van der Waals surface area contributed by atoms with Crippen LogP contribution in [0.15, 0.2) is 23.1 Å². The van der Waals surface area contributed by atoms with Crippen molar-refractivity contribution in [2.45, 2.75) is 17.9 Å². The molecule has 1 aromatic rings. The molecule has 0 aliphatic rings. The Morgan fingerprint density at radius 3 is 2.53 bits per heavy atom. The van der Waals surface area contributed by atoms with Gasteiger partial charge in [0.2, 0.25) is 10.0 Å². The molecule has 0 amide bonds. The molecule has 0 aliphatic heterocycles. The Bertz CT molecular complexity index is 531. The van der Waals surface area contributed by atoms with Crippen molar-refractivity contribution in [1.82, 2.24) is 4.31 Å². The van der Waals surface area contributed by atoms with E-state index in [0.29, 0.717) is 12.3 Å². The van der Waals surface area contributed by atoms with E-state index in [-0.39, 0.29) is 16.7 Å². The molecule has 0 saturated heterocycles. The topological polar surface area (TPSA) is 81.9 Å². The molecule has 0 aliphatic carbocycles. The predicted octanol–water partition coefficient (Wildman–Crippen LogP) is 0.933. The maximum absolute atomic E-state index is 12.5. The zero-order valence-corrected chi connectivity index (χ0v) is 12.4. The lowest BCUT2D eigenvalue weighted by Crippen LogP contribution is -2.37. The Morgan fingerprint density at radius 1 is 1.37 bits per heavy atom. The van der Waals surface area contributed by atoms with E-state index in [2.05, 4.69) is 0 Å². The molecule has 0 bridgehead atoms. The fourth-order valence-electron chi connectivity index (χ4n) is 1.63. The first-order valence-electron chi connectivity index (χ1n) is 5.75. The molecule has 0 radical (unpaired) electrons. The molecule has 7 heteroatoms. The number of nitrogen functional groups attached to an aromatic ring is 1. The monoisotopic (exact) mass is 288 g/mol. The van der Waals surface area contributed by atoms with Gasteiger partial charge in [-0.05, 0) is 25.1 Å². The Kier molecular flexibility index (Phi) is 5.16. The lowest BCUT2D eigenvalue weighted by atomic mass is 10.3. The molecule has 1 unspecified atom stereocenters. The zero-order chi connectivity index (χ0) is 14.6. The SMILES string of the molecule is COCC(C)N(C)S(=O)(=O)c1cc(N)ccc1OC. The molecule has 0 fully saturated rings. The smallest absolute Gasteiger partial charge is 0.246 e. The molecule has 0 aromatic heterocycles. The third-order valence-electron chi connectivity index (χ3n) is 2.87. The van der Waals surface area contributed by atoms with Crippen LogP contribution in [0.25, 0.3) is 0 Å². The van der Waals surface area contributed by atoms with Gasteiger partial charge >= 0.3 is 0 Å². The number of likely N-dealkylation sites (N-methyl/N-ethyl adjacent to an activating group) is 1. The van der Waals surface area contributed by atoms with Crippen molar-refractivity contribution >= 4 is 15.7 Å². The van der Waals surface area contributed by atoms with Crippen LogP contribution in [0.4, 0.5) is 5.69 Å². The van der Waals surface area contributed by atoms with Gasteiger partial charge in [-0.15, -0.1) is 0 Å². The molecule has 0 saturated carbocycles. The molecule has 1 aromatic carbocycles. The van der Waals surface area contributed by atoms with Gasteiger partial charge < -0.3 is 15.2 Å². The summed E-state index contributed by atoms with van der Waals surface area (Å²) in [5.41, 5.74) is 6.02. The van der Waals surface area contributed by atoms with Crippen LogP contribution >= 0.6 is 0 Å². The molecule has 108 valence electrons. The maximum atomic E-state index is 12.5. The van der Waals surface area contributed by atoms with Gasteiger partial charge in [-0.3, -0.25) is 0 Å². The maximum Gasteiger partial charge on any atom is 0.246 e. The van der Waals surface area contributed by atoms with Crippen molar-refractivity contribution < 1.29 is 17.9 Å². The summed E-state index contributed by atoms with van der Waals surface area (Å²) >= 11 is 0. The first-order valence-corrected chi connectivity index (χ1v) is 7.19. The van der Waals surface area contributed by atoms with Crippen molar-refractivity contribution in [1.29, 1.82) is 0 Å². The molecule has 2 N–H and O–H groups in total. The summed E-state index contributed by atoms with van der Waals surface area (Å²) in [7, 11) is 0.770. The van der Waals surface area contributed by atoms with Gasteiger partial charge in [-0.25, -0.2) is 8.42 Å². The zero-order valence-electron chi connectivity index (χ0n) is 11.6. The summed E-state index contributed by atoms with van der Waals surface area (Å²) in [6, 6.07) is 4.23. The van der Waals surface area contributed by atoms with Crippen LogP contribution in [-0.2, 0) is 14.8 Å². The van der Waals surface area contributed by atoms with Crippen LogP contribution < -0.4 is 10.5 Å². The number of nitrogens with two attached hydrogens (primary N) is 1. The fourth-order valence-corrected chi connectivity index (χ4v) is 3.17. The summed E-state index contributed by atoms with van der Waals surface area (Å²) in [6.07, 6.45) is 0. The second-order valence-electron chi connectivity index (χ2n) is 4.24. The Hall–Kier alpha value is -1.31. The highest BCUT2D eigenvalue weighted by molar-refractivity contribution is 7.89. The van der Waals surface area contributed by atoms with Crippen molar-refractivity contribution in [2.75, 3.05) is 33.6 Å². The van der Waals surface area contributed by atoms with E-state index in [0.717, 1.165) is 0 Å². The minimum absolute atomic E-state index is 0.0560.